The summed E-state index contributed by atoms with van der Waals surface area (Å²) in [7, 11) is -3.95. The molecule has 0 aliphatic rings. The molecule has 0 bridgehead atoms. The van der Waals surface area contributed by atoms with Crippen molar-refractivity contribution in [3.63, 3.8) is 0 Å². The molecule has 0 aliphatic heterocycles. The molecule has 0 saturated heterocycles. The molecule has 0 aliphatic carbocycles. The zero-order valence-corrected chi connectivity index (χ0v) is 19.5. The van der Waals surface area contributed by atoms with Crippen LogP contribution in [0.5, 0.6) is 0 Å². The SMILES string of the molecule is Cc1ccccc1C(=O)c1cnc(Nc2ccc(CN)cc2)s1.O=S(=O)(O)c1ccsc1. The molecular weight excluding hydrogens is 466 g/mol. The van der Waals surface area contributed by atoms with Gasteiger partial charge < -0.3 is 11.1 Å². The van der Waals surface area contributed by atoms with E-state index in [0.29, 0.717) is 16.6 Å². The maximum absolute atomic E-state index is 12.5. The van der Waals surface area contributed by atoms with Gasteiger partial charge in [0, 0.05) is 23.2 Å². The lowest BCUT2D eigenvalue weighted by molar-refractivity contribution is 0.104. The van der Waals surface area contributed by atoms with Crippen LogP contribution in [0.1, 0.15) is 26.4 Å². The molecule has 0 saturated carbocycles. The van der Waals surface area contributed by atoms with E-state index in [4.69, 9.17) is 10.3 Å². The molecule has 4 aromatic rings. The predicted octanol–water partition coefficient (Wildman–Crippen LogP) is 4.88. The van der Waals surface area contributed by atoms with Crippen LogP contribution in [0.25, 0.3) is 0 Å². The molecule has 0 radical (unpaired) electrons. The molecule has 0 fully saturated rings. The molecule has 2 aromatic carbocycles. The Morgan fingerprint density at radius 2 is 1.84 bits per heavy atom. The molecule has 166 valence electrons. The number of thiophene rings is 1. The average Bonchev–Trinajstić information content (AvgIpc) is 3.47. The molecule has 0 atom stereocenters. The van der Waals surface area contributed by atoms with E-state index in [1.165, 1.54) is 34.1 Å². The second kappa shape index (κ2) is 10.6. The van der Waals surface area contributed by atoms with Crippen LogP contribution >= 0.6 is 22.7 Å². The van der Waals surface area contributed by atoms with E-state index in [-0.39, 0.29) is 10.7 Å². The predicted molar refractivity (Wildman–Crippen MR) is 128 cm³/mol. The third kappa shape index (κ3) is 6.31. The fraction of sp³-hybridized carbons (Fsp3) is 0.0909. The van der Waals surface area contributed by atoms with Gasteiger partial charge in [-0.15, -0.1) is 0 Å². The van der Waals surface area contributed by atoms with Gasteiger partial charge in [0.2, 0.25) is 5.78 Å². The number of nitrogens with zero attached hydrogens (tertiary/aromatic N) is 1. The summed E-state index contributed by atoms with van der Waals surface area (Å²) in [6, 6.07) is 16.8. The molecule has 32 heavy (non-hydrogen) atoms. The molecule has 2 heterocycles. The first-order chi connectivity index (χ1) is 15.3. The van der Waals surface area contributed by atoms with Crippen LogP contribution in [0.15, 0.2) is 76.4 Å². The summed E-state index contributed by atoms with van der Waals surface area (Å²) < 4.78 is 28.9. The number of ketones is 1. The lowest BCUT2D eigenvalue weighted by atomic mass is 10.0. The molecule has 4 rings (SSSR count). The third-order valence-electron chi connectivity index (χ3n) is 4.35. The number of hydrogen-bond donors (Lipinski definition) is 3. The Morgan fingerprint density at radius 1 is 1.12 bits per heavy atom. The highest BCUT2D eigenvalue weighted by Crippen LogP contribution is 2.25. The first-order valence-corrected chi connectivity index (χ1v) is 12.6. The molecular formula is C22H21N3O4S3. The Kier molecular flexibility index (Phi) is 7.89. The van der Waals surface area contributed by atoms with E-state index in [1.807, 2.05) is 55.5 Å². The molecule has 10 heteroatoms. The second-order valence-electron chi connectivity index (χ2n) is 6.63. The Balaban J connectivity index is 0.000000269. The summed E-state index contributed by atoms with van der Waals surface area (Å²) in [6.45, 7) is 2.46. The van der Waals surface area contributed by atoms with Crippen molar-refractivity contribution >= 4 is 49.4 Å². The quantitative estimate of drug-likeness (QED) is 0.262. The Bertz CT molecular complexity index is 1280. The number of carbonyl (C=O) groups excluding carboxylic acids is 1. The van der Waals surface area contributed by atoms with E-state index in [9.17, 15) is 13.2 Å². The Labute approximate surface area is 194 Å². The highest BCUT2D eigenvalue weighted by Gasteiger charge is 2.14. The summed E-state index contributed by atoms with van der Waals surface area (Å²) in [5.74, 6) is 0.00660. The van der Waals surface area contributed by atoms with E-state index in [1.54, 1.807) is 11.6 Å². The fourth-order valence-corrected chi connectivity index (χ4v) is 4.93. The molecule has 0 spiro atoms. The number of aryl methyl sites for hydroxylation is 1. The van der Waals surface area contributed by atoms with Gasteiger partial charge in [-0.2, -0.15) is 19.8 Å². The van der Waals surface area contributed by atoms with Gasteiger partial charge in [-0.3, -0.25) is 9.35 Å². The zero-order valence-electron chi connectivity index (χ0n) is 17.1. The topological polar surface area (TPSA) is 122 Å². The van der Waals surface area contributed by atoms with Crippen molar-refractivity contribution in [3.05, 3.63) is 93.1 Å². The highest BCUT2D eigenvalue weighted by molar-refractivity contribution is 7.86. The first-order valence-electron chi connectivity index (χ1n) is 9.40. The van der Waals surface area contributed by atoms with Crippen LogP contribution in [-0.2, 0) is 16.7 Å². The smallest absolute Gasteiger partial charge is 0.295 e. The van der Waals surface area contributed by atoms with E-state index in [0.717, 1.165) is 22.4 Å². The monoisotopic (exact) mass is 487 g/mol. The van der Waals surface area contributed by atoms with Crippen LogP contribution in [0.2, 0.25) is 0 Å². The lowest BCUT2D eigenvalue weighted by Gasteiger charge is -2.03. The number of nitrogens with one attached hydrogen (secondary N) is 1. The number of carbonyl (C=O) groups is 1. The van der Waals surface area contributed by atoms with Crippen molar-refractivity contribution in [3.8, 4) is 0 Å². The largest absolute Gasteiger partial charge is 0.332 e. The molecule has 4 N–H and O–H groups in total. The first kappa shape index (κ1) is 23.8. The van der Waals surface area contributed by atoms with Gasteiger partial charge >= 0.3 is 0 Å². The Morgan fingerprint density at radius 3 is 2.41 bits per heavy atom. The normalized spacial score (nSPS) is 10.8. The van der Waals surface area contributed by atoms with Crippen LogP contribution in [-0.4, -0.2) is 23.7 Å². The van der Waals surface area contributed by atoms with Crippen molar-refractivity contribution in [2.45, 2.75) is 18.4 Å². The highest BCUT2D eigenvalue weighted by atomic mass is 32.2. The molecule has 0 amide bonds. The van der Waals surface area contributed by atoms with E-state index in [2.05, 4.69) is 10.3 Å². The van der Waals surface area contributed by atoms with Crippen molar-refractivity contribution in [1.29, 1.82) is 0 Å². The van der Waals surface area contributed by atoms with Crippen molar-refractivity contribution in [2.24, 2.45) is 5.73 Å². The minimum atomic E-state index is -3.95. The van der Waals surface area contributed by atoms with Crippen LogP contribution in [0.4, 0.5) is 10.8 Å². The molecule has 2 aromatic heterocycles. The summed E-state index contributed by atoms with van der Waals surface area (Å²) in [5.41, 5.74) is 9.27. The van der Waals surface area contributed by atoms with Gasteiger partial charge in [0.1, 0.15) is 4.90 Å². The van der Waals surface area contributed by atoms with Crippen LogP contribution < -0.4 is 11.1 Å². The lowest BCUT2D eigenvalue weighted by Crippen LogP contribution is -2.00. The minimum Gasteiger partial charge on any atom is -0.332 e. The van der Waals surface area contributed by atoms with Gasteiger partial charge in [0.25, 0.3) is 10.1 Å². The minimum absolute atomic E-state index is 0.00660. The maximum atomic E-state index is 12.5. The molecule has 7 nitrogen and oxygen atoms in total. The van der Waals surface area contributed by atoms with E-state index < -0.39 is 10.1 Å². The van der Waals surface area contributed by atoms with Gasteiger partial charge in [-0.25, -0.2) is 4.98 Å². The standard InChI is InChI=1S/C18H17N3OS.C4H4O3S2/c1-12-4-2-3-5-15(12)17(22)16-11-20-18(23-16)21-14-8-6-13(10-19)7-9-14;5-9(6,7)4-1-2-8-3-4/h2-9,11H,10,19H2,1H3,(H,20,21);1-3H,(H,5,6,7). The molecule has 0 unspecified atom stereocenters. The van der Waals surface area contributed by atoms with Gasteiger partial charge in [-0.05, 0) is 41.6 Å². The average molecular weight is 488 g/mol. The third-order valence-corrected chi connectivity index (χ3v) is 6.95. The van der Waals surface area contributed by atoms with Gasteiger partial charge in [0.05, 0.1) is 11.1 Å². The number of nitrogens with two attached hydrogens (primary N) is 1. The second-order valence-corrected chi connectivity index (χ2v) is 9.87. The van der Waals surface area contributed by atoms with Crippen LogP contribution in [0, 0.1) is 6.92 Å². The van der Waals surface area contributed by atoms with Gasteiger partial charge in [0.15, 0.2) is 5.13 Å². The van der Waals surface area contributed by atoms with Gasteiger partial charge in [-0.1, -0.05) is 47.7 Å². The summed E-state index contributed by atoms with van der Waals surface area (Å²) in [6.07, 6.45) is 1.62. The fourth-order valence-electron chi connectivity index (χ4n) is 2.64. The number of hydrogen-bond acceptors (Lipinski definition) is 8. The van der Waals surface area contributed by atoms with Crippen LogP contribution in [0.3, 0.4) is 0 Å². The summed E-state index contributed by atoms with van der Waals surface area (Å²) in [4.78, 5) is 17.4. The zero-order chi connectivity index (χ0) is 23.1. The number of aromatic nitrogens is 1. The van der Waals surface area contributed by atoms with E-state index >= 15 is 0 Å². The van der Waals surface area contributed by atoms with Crippen molar-refractivity contribution < 1.29 is 17.8 Å². The number of thiazole rings is 1. The summed E-state index contributed by atoms with van der Waals surface area (Å²) in [5, 5.41) is 6.86. The number of anilines is 2. The number of benzene rings is 2. The number of rotatable bonds is 6. The Hall–Kier alpha value is -2.89. The van der Waals surface area contributed by atoms with Crippen molar-refractivity contribution in [2.75, 3.05) is 5.32 Å². The van der Waals surface area contributed by atoms with Crippen molar-refractivity contribution in [1.82, 2.24) is 4.98 Å². The summed E-state index contributed by atoms with van der Waals surface area (Å²) >= 11 is 2.58. The maximum Gasteiger partial charge on any atom is 0.295 e.